The summed E-state index contributed by atoms with van der Waals surface area (Å²) in [6, 6.07) is 15.3. The first-order valence-corrected chi connectivity index (χ1v) is 9.70. The lowest BCUT2D eigenvalue weighted by Crippen LogP contribution is -2.15. The zero-order valence-electron chi connectivity index (χ0n) is 16.3. The fourth-order valence-corrected chi connectivity index (χ4v) is 3.31. The summed E-state index contributed by atoms with van der Waals surface area (Å²) in [6.45, 7) is 0. The monoisotopic (exact) mass is 397 g/mol. The van der Waals surface area contributed by atoms with Crippen LogP contribution in [0.4, 0.5) is 11.4 Å². The summed E-state index contributed by atoms with van der Waals surface area (Å²) >= 11 is 1.35. The van der Waals surface area contributed by atoms with E-state index in [0.29, 0.717) is 5.16 Å². The lowest BCUT2D eigenvalue weighted by Gasteiger charge is -2.13. The Labute approximate surface area is 168 Å². The van der Waals surface area contributed by atoms with Crippen molar-refractivity contribution >= 4 is 29.0 Å². The van der Waals surface area contributed by atoms with Gasteiger partial charge in [0.05, 0.1) is 12.9 Å². The second kappa shape index (κ2) is 8.79. The minimum atomic E-state index is -0.0865. The van der Waals surface area contributed by atoms with Crippen molar-refractivity contribution in [2.24, 2.45) is 7.05 Å². The molecule has 7 nitrogen and oxygen atoms in total. The van der Waals surface area contributed by atoms with Crippen LogP contribution in [0.2, 0.25) is 0 Å². The van der Waals surface area contributed by atoms with Crippen molar-refractivity contribution in [2.75, 3.05) is 37.2 Å². The number of carbonyl (C=O) groups excluding carboxylic acids is 1. The third-order valence-corrected chi connectivity index (χ3v) is 5.20. The molecule has 0 saturated carbocycles. The number of nitrogens with one attached hydrogen (secondary N) is 1. The highest BCUT2D eigenvalue weighted by molar-refractivity contribution is 7.99. The van der Waals surface area contributed by atoms with Crippen LogP contribution in [0, 0.1) is 0 Å². The molecule has 1 N–H and O–H groups in total. The largest absolute Gasteiger partial charge is 0.497 e. The molecule has 0 radical (unpaired) electrons. The van der Waals surface area contributed by atoms with E-state index in [0.717, 1.165) is 28.5 Å². The van der Waals surface area contributed by atoms with Crippen LogP contribution in [0.1, 0.15) is 0 Å². The van der Waals surface area contributed by atoms with Crippen molar-refractivity contribution in [2.45, 2.75) is 5.16 Å². The Kier molecular flexibility index (Phi) is 6.20. The highest BCUT2D eigenvalue weighted by atomic mass is 32.2. The molecule has 0 aliphatic heterocycles. The molecule has 3 aromatic rings. The molecule has 0 saturated heterocycles. The average Bonchev–Trinajstić information content (AvgIpc) is 3.07. The average molecular weight is 398 g/mol. The van der Waals surface area contributed by atoms with Gasteiger partial charge >= 0.3 is 0 Å². The van der Waals surface area contributed by atoms with E-state index < -0.39 is 0 Å². The molecule has 28 heavy (non-hydrogen) atoms. The molecular formula is C20H23N5O2S. The number of anilines is 2. The molecule has 0 aliphatic rings. The Bertz CT molecular complexity index is 936. The summed E-state index contributed by atoms with van der Waals surface area (Å²) in [5.74, 6) is 1.70. The zero-order chi connectivity index (χ0) is 20.1. The maximum atomic E-state index is 12.2. The van der Waals surface area contributed by atoms with Crippen LogP contribution in [-0.4, -0.2) is 47.6 Å². The topological polar surface area (TPSA) is 72.3 Å². The van der Waals surface area contributed by atoms with Crippen LogP contribution in [0.3, 0.4) is 0 Å². The number of amides is 1. The van der Waals surface area contributed by atoms with Crippen molar-refractivity contribution in [3.63, 3.8) is 0 Å². The zero-order valence-corrected chi connectivity index (χ0v) is 17.2. The minimum absolute atomic E-state index is 0.0865. The predicted molar refractivity (Wildman–Crippen MR) is 113 cm³/mol. The Hall–Kier alpha value is -3.00. The van der Waals surface area contributed by atoms with E-state index in [4.69, 9.17) is 4.74 Å². The fourth-order valence-electron chi connectivity index (χ4n) is 2.60. The second-order valence-electron chi connectivity index (χ2n) is 6.37. The smallest absolute Gasteiger partial charge is 0.234 e. The van der Waals surface area contributed by atoms with E-state index in [1.54, 1.807) is 7.11 Å². The van der Waals surface area contributed by atoms with Gasteiger partial charge in [-0.3, -0.25) is 4.79 Å². The molecule has 0 bridgehead atoms. The third-order valence-electron chi connectivity index (χ3n) is 4.18. The summed E-state index contributed by atoms with van der Waals surface area (Å²) in [5, 5.41) is 12.0. The molecule has 2 aromatic carbocycles. The molecule has 0 atom stereocenters. The number of nitrogens with zero attached hydrogens (tertiary/aromatic N) is 4. The van der Waals surface area contributed by atoms with Crippen molar-refractivity contribution in [3.05, 3.63) is 48.5 Å². The van der Waals surface area contributed by atoms with Gasteiger partial charge in [-0.1, -0.05) is 11.8 Å². The van der Waals surface area contributed by atoms with E-state index in [1.165, 1.54) is 11.8 Å². The Morgan fingerprint density at radius 1 is 1.11 bits per heavy atom. The molecule has 0 fully saturated rings. The van der Waals surface area contributed by atoms with Gasteiger partial charge in [0.25, 0.3) is 0 Å². The summed E-state index contributed by atoms with van der Waals surface area (Å²) < 4.78 is 7.06. The van der Waals surface area contributed by atoms with Gasteiger partial charge in [0.2, 0.25) is 5.91 Å². The van der Waals surface area contributed by atoms with Crippen LogP contribution in [0.5, 0.6) is 5.75 Å². The maximum absolute atomic E-state index is 12.2. The van der Waals surface area contributed by atoms with Gasteiger partial charge in [0.1, 0.15) is 5.75 Å². The first kappa shape index (κ1) is 19.8. The SMILES string of the molecule is COc1ccc(-c2nnc(SCC(=O)Nc3ccc(N(C)C)cc3)n2C)cc1. The number of carbonyl (C=O) groups is 1. The highest BCUT2D eigenvalue weighted by Crippen LogP contribution is 2.24. The van der Waals surface area contributed by atoms with Gasteiger partial charge in [0.15, 0.2) is 11.0 Å². The Morgan fingerprint density at radius 3 is 2.39 bits per heavy atom. The molecule has 1 amide bonds. The van der Waals surface area contributed by atoms with Crippen molar-refractivity contribution < 1.29 is 9.53 Å². The van der Waals surface area contributed by atoms with Gasteiger partial charge in [-0.2, -0.15) is 0 Å². The molecule has 0 unspecified atom stereocenters. The number of thioether (sulfide) groups is 1. The van der Waals surface area contributed by atoms with Gasteiger partial charge in [-0.25, -0.2) is 0 Å². The third kappa shape index (κ3) is 4.64. The molecule has 1 aromatic heterocycles. The summed E-state index contributed by atoms with van der Waals surface area (Å²) in [4.78, 5) is 14.3. The minimum Gasteiger partial charge on any atom is -0.497 e. The van der Waals surface area contributed by atoms with Gasteiger partial charge < -0.3 is 19.5 Å². The highest BCUT2D eigenvalue weighted by Gasteiger charge is 2.13. The van der Waals surface area contributed by atoms with Crippen LogP contribution < -0.4 is 15.0 Å². The quantitative estimate of drug-likeness (QED) is 0.617. The first-order chi connectivity index (χ1) is 13.5. The van der Waals surface area contributed by atoms with Gasteiger partial charge in [0, 0.05) is 38.1 Å². The number of hydrogen-bond acceptors (Lipinski definition) is 6. The van der Waals surface area contributed by atoms with Crippen molar-refractivity contribution in [1.82, 2.24) is 14.8 Å². The molecule has 0 aliphatic carbocycles. The number of methoxy groups -OCH3 is 1. The Morgan fingerprint density at radius 2 is 1.79 bits per heavy atom. The maximum Gasteiger partial charge on any atom is 0.234 e. The van der Waals surface area contributed by atoms with Crippen LogP contribution in [-0.2, 0) is 11.8 Å². The van der Waals surface area contributed by atoms with E-state index in [9.17, 15) is 4.79 Å². The molecular weight excluding hydrogens is 374 g/mol. The summed E-state index contributed by atoms with van der Waals surface area (Å²) in [6.07, 6.45) is 0. The van der Waals surface area contributed by atoms with E-state index in [1.807, 2.05) is 79.1 Å². The number of benzene rings is 2. The normalized spacial score (nSPS) is 10.6. The molecule has 0 spiro atoms. The lowest BCUT2D eigenvalue weighted by molar-refractivity contribution is -0.113. The number of ether oxygens (including phenoxy) is 1. The number of hydrogen-bond donors (Lipinski definition) is 1. The van der Waals surface area contributed by atoms with Gasteiger partial charge in [-0.15, -0.1) is 10.2 Å². The van der Waals surface area contributed by atoms with Gasteiger partial charge in [-0.05, 0) is 48.5 Å². The fraction of sp³-hybridized carbons (Fsp3) is 0.250. The number of rotatable bonds is 7. The summed E-state index contributed by atoms with van der Waals surface area (Å²) in [5.41, 5.74) is 2.79. The second-order valence-corrected chi connectivity index (χ2v) is 7.31. The molecule has 1 heterocycles. The number of aromatic nitrogens is 3. The summed E-state index contributed by atoms with van der Waals surface area (Å²) in [7, 11) is 7.48. The Balaban J connectivity index is 1.59. The first-order valence-electron chi connectivity index (χ1n) is 8.72. The lowest BCUT2D eigenvalue weighted by atomic mass is 10.2. The molecule has 146 valence electrons. The van der Waals surface area contributed by atoms with E-state index in [2.05, 4.69) is 15.5 Å². The van der Waals surface area contributed by atoms with Crippen LogP contribution in [0.25, 0.3) is 11.4 Å². The predicted octanol–water partition coefficient (Wildman–Crippen LogP) is 3.29. The standard InChI is InChI=1S/C20H23N5O2S/c1-24(2)16-9-7-15(8-10-16)21-18(26)13-28-20-23-22-19(25(20)3)14-5-11-17(27-4)12-6-14/h5-12H,13H2,1-4H3,(H,21,26). The van der Waals surface area contributed by atoms with Crippen LogP contribution >= 0.6 is 11.8 Å². The molecule has 8 heteroatoms. The van der Waals surface area contributed by atoms with Crippen molar-refractivity contribution in [1.29, 1.82) is 0 Å². The van der Waals surface area contributed by atoms with E-state index in [-0.39, 0.29) is 11.7 Å². The molecule has 3 rings (SSSR count). The van der Waals surface area contributed by atoms with Crippen molar-refractivity contribution in [3.8, 4) is 17.1 Å². The van der Waals surface area contributed by atoms with Crippen LogP contribution in [0.15, 0.2) is 53.7 Å². The van der Waals surface area contributed by atoms with E-state index >= 15 is 0 Å².